The number of hydrogen-bond acceptors (Lipinski definition) is 3. The number of aromatic nitrogens is 1. The number of nitrogens with one attached hydrogen (secondary N) is 1. The van der Waals surface area contributed by atoms with E-state index in [0.717, 1.165) is 23.8 Å². The third-order valence-electron chi connectivity index (χ3n) is 1.78. The summed E-state index contributed by atoms with van der Waals surface area (Å²) in [7, 11) is 0. The van der Waals surface area contributed by atoms with Gasteiger partial charge in [0.05, 0.1) is 5.69 Å². The Labute approximate surface area is 88.3 Å². The van der Waals surface area contributed by atoms with Crippen molar-refractivity contribution in [2.24, 2.45) is 5.92 Å². The minimum atomic E-state index is 0.496. The van der Waals surface area contributed by atoms with Crippen LogP contribution in [0.15, 0.2) is 5.38 Å². The van der Waals surface area contributed by atoms with Crippen molar-refractivity contribution in [2.75, 3.05) is 17.7 Å². The maximum atomic E-state index is 5.69. The molecule has 0 saturated carbocycles. The van der Waals surface area contributed by atoms with E-state index in [1.807, 2.05) is 0 Å². The molecule has 0 radical (unpaired) electrons. The summed E-state index contributed by atoms with van der Waals surface area (Å²) < 4.78 is 0. The van der Waals surface area contributed by atoms with Gasteiger partial charge in [0.25, 0.3) is 0 Å². The van der Waals surface area contributed by atoms with Gasteiger partial charge in [-0.05, 0) is 12.3 Å². The summed E-state index contributed by atoms with van der Waals surface area (Å²) in [5.41, 5.74) is 1.16. The van der Waals surface area contributed by atoms with E-state index >= 15 is 0 Å². The fourth-order valence-corrected chi connectivity index (χ4v) is 1.78. The predicted molar refractivity (Wildman–Crippen MR) is 59.9 cm³/mol. The van der Waals surface area contributed by atoms with Crippen molar-refractivity contribution in [1.82, 2.24) is 4.98 Å². The van der Waals surface area contributed by atoms with Crippen LogP contribution in [0.4, 0.5) is 5.13 Å². The Morgan fingerprint density at radius 1 is 1.69 bits per heavy atom. The van der Waals surface area contributed by atoms with Crippen molar-refractivity contribution in [3.05, 3.63) is 11.1 Å². The maximum Gasteiger partial charge on any atom is 0.182 e. The molecule has 1 rings (SSSR count). The number of anilines is 1. The summed E-state index contributed by atoms with van der Waals surface area (Å²) >= 11 is 7.35. The molecule has 1 heterocycles. The molecule has 0 fully saturated rings. The number of aryl methyl sites for hydroxylation is 1. The van der Waals surface area contributed by atoms with Crippen molar-refractivity contribution < 1.29 is 0 Å². The van der Waals surface area contributed by atoms with E-state index in [9.17, 15) is 0 Å². The maximum absolute atomic E-state index is 5.69. The average Bonchev–Trinajstić information content (AvgIpc) is 2.61. The molecule has 0 aliphatic carbocycles. The molecule has 0 amide bonds. The second-order valence-electron chi connectivity index (χ2n) is 3.14. The Kier molecular flexibility index (Phi) is 4.53. The molecular formula is C9H15ClN2S. The summed E-state index contributed by atoms with van der Waals surface area (Å²) in [5, 5.41) is 6.37. The average molecular weight is 219 g/mol. The van der Waals surface area contributed by atoms with Gasteiger partial charge in [-0.3, -0.25) is 0 Å². The van der Waals surface area contributed by atoms with E-state index in [1.54, 1.807) is 11.3 Å². The second-order valence-corrected chi connectivity index (χ2v) is 4.30. The van der Waals surface area contributed by atoms with Crippen molar-refractivity contribution in [2.45, 2.75) is 20.3 Å². The third-order valence-corrected chi connectivity index (χ3v) is 3.15. The van der Waals surface area contributed by atoms with E-state index in [0.29, 0.717) is 11.8 Å². The second kappa shape index (κ2) is 5.45. The predicted octanol–water partition coefficient (Wildman–Crippen LogP) is 2.99. The highest BCUT2D eigenvalue weighted by atomic mass is 35.5. The number of alkyl halides is 1. The number of hydrogen-bond donors (Lipinski definition) is 1. The lowest BCUT2D eigenvalue weighted by molar-refractivity contribution is 0.696. The van der Waals surface area contributed by atoms with E-state index in [1.165, 1.54) is 0 Å². The molecule has 74 valence electrons. The van der Waals surface area contributed by atoms with Gasteiger partial charge in [0, 0.05) is 17.8 Å². The van der Waals surface area contributed by atoms with Crippen LogP contribution >= 0.6 is 22.9 Å². The molecule has 0 bridgehead atoms. The fourth-order valence-electron chi connectivity index (χ4n) is 0.867. The lowest BCUT2D eigenvalue weighted by Crippen LogP contribution is -2.12. The molecule has 0 spiro atoms. The summed E-state index contributed by atoms with van der Waals surface area (Å²) in [5.74, 6) is 1.19. The highest BCUT2D eigenvalue weighted by Crippen LogP contribution is 2.16. The molecule has 0 aromatic carbocycles. The van der Waals surface area contributed by atoms with Crippen LogP contribution in [0, 0.1) is 5.92 Å². The smallest absolute Gasteiger partial charge is 0.182 e. The molecule has 2 nitrogen and oxygen atoms in total. The highest BCUT2D eigenvalue weighted by Gasteiger charge is 2.02. The molecule has 4 heteroatoms. The van der Waals surface area contributed by atoms with Gasteiger partial charge in [0.2, 0.25) is 0 Å². The van der Waals surface area contributed by atoms with E-state index in [2.05, 4.69) is 29.5 Å². The Balaban J connectivity index is 2.36. The van der Waals surface area contributed by atoms with Crippen molar-refractivity contribution in [3.63, 3.8) is 0 Å². The summed E-state index contributed by atoms with van der Waals surface area (Å²) in [4.78, 5) is 4.40. The van der Waals surface area contributed by atoms with Crippen LogP contribution in [0.25, 0.3) is 0 Å². The Hall–Kier alpha value is -0.280. The van der Waals surface area contributed by atoms with Crippen LogP contribution in [0.3, 0.4) is 0 Å². The number of halogens is 1. The number of rotatable bonds is 5. The molecule has 1 aromatic rings. The van der Waals surface area contributed by atoms with Gasteiger partial charge < -0.3 is 5.32 Å². The van der Waals surface area contributed by atoms with Crippen molar-refractivity contribution in [1.29, 1.82) is 0 Å². The quantitative estimate of drug-likeness (QED) is 0.769. The van der Waals surface area contributed by atoms with Gasteiger partial charge in [-0.25, -0.2) is 4.98 Å². The molecule has 1 atom stereocenters. The zero-order chi connectivity index (χ0) is 9.68. The van der Waals surface area contributed by atoms with Gasteiger partial charge in [0.15, 0.2) is 5.13 Å². The standard InChI is InChI=1S/C9H15ClN2S/c1-3-8-6-13-9(12-8)11-5-7(2)4-10/h6-7H,3-5H2,1-2H3,(H,11,12). The topological polar surface area (TPSA) is 24.9 Å². The zero-order valence-electron chi connectivity index (χ0n) is 8.01. The van der Waals surface area contributed by atoms with Gasteiger partial charge in [-0.1, -0.05) is 13.8 Å². The zero-order valence-corrected chi connectivity index (χ0v) is 9.58. The van der Waals surface area contributed by atoms with E-state index < -0.39 is 0 Å². The molecule has 1 N–H and O–H groups in total. The molecular weight excluding hydrogens is 204 g/mol. The van der Waals surface area contributed by atoms with Crippen LogP contribution in [-0.4, -0.2) is 17.4 Å². The molecule has 0 aliphatic heterocycles. The van der Waals surface area contributed by atoms with Crippen LogP contribution in [0.5, 0.6) is 0 Å². The normalized spacial score (nSPS) is 12.8. The van der Waals surface area contributed by atoms with Crippen LogP contribution in [-0.2, 0) is 6.42 Å². The molecule has 13 heavy (non-hydrogen) atoms. The van der Waals surface area contributed by atoms with Crippen LogP contribution in [0.2, 0.25) is 0 Å². The fraction of sp³-hybridized carbons (Fsp3) is 0.667. The van der Waals surface area contributed by atoms with Crippen LogP contribution in [0.1, 0.15) is 19.5 Å². The first kappa shape index (κ1) is 10.8. The Bertz CT molecular complexity index is 250. The van der Waals surface area contributed by atoms with Gasteiger partial charge in [-0.15, -0.1) is 22.9 Å². The van der Waals surface area contributed by atoms with Gasteiger partial charge in [0.1, 0.15) is 0 Å². The molecule has 1 unspecified atom stereocenters. The lowest BCUT2D eigenvalue weighted by atomic mass is 10.2. The van der Waals surface area contributed by atoms with E-state index in [-0.39, 0.29) is 0 Å². The highest BCUT2D eigenvalue weighted by molar-refractivity contribution is 7.13. The van der Waals surface area contributed by atoms with Gasteiger partial charge >= 0.3 is 0 Å². The Morgan fingerprint density at radius 2 is 2.46 bits per heavy atom. The summed E-state index contributed by atoms with van der Waals surface area (Å²) in [6, 6.07) is 0. The first-order valence-corrected chi connectivity index (χ1v) is 5.92. The first-order chi connectivity index (χ1) is 6.26. The summed E-state index contributed by atoms with van der Waals surface area (Å²) in [6.07, 6.45) is 1.00. The molecule has 0 saturated heterocycles. The third kappa shape index (κ3) is 3.53. The number of thiazole rings is 1. The van der Waals surface area contributed by atoms with Crippen molar-refractivity contribution in [3.8, 4) is 0 Å². The van der Waals surface area contributed by atoms with Crippen LogP contribution < -0.4 is 5.32 Å². The number of nitrogens with zero attached hydrogens (tertiary/aromatic N) is 1. The molecule has 1 aromatic heterocycles. The first-order valence-electron chi connectivity index (χ1n) is 4.50. The van der Waals surface area contributed by atoms with Crippen molar-refractivity contribution >= 4 is 28.1 Å². The largest absolute Gasteiger partial charge is 0.361 e. The van der Waals surface area contributed by atoms with Gasteiger partial charge in [-0.2, -0.15) is 0 Å². The molecule has 0 aliphatic rings. The SMILES string of the molecule is CCc1csc(NCC(C)CCl)n1. The monoisotopic (exact) mass is 218 g/mol. The minimum Gasteiger partial charge on any atom is -0.361 e. The minimum absolute atomic E-state index is 0.496. The summed E-state index contributed by atoms with van der Waals surface area (Å²) in [6.45, 7) is 5.13. The Morgan fingerprint density at radius 3 is 3.00 bits per heavy atom. The lowest BCUT2D eigenvalue weighted by Gasteiger charge is -2.06. The van der Waals surface area contributed by atoms with E-state index in [4.69, 9.17) is 11.6 Å².